The van der Waals surface area contributed by atoms with E-state index in [-0.39, 0.29) is 5.56 Å². The fourth-order valence-corrected chi connectivity index (χ4v) is 2.90. The lowest BCUT2D eigenvalue weighted by Gasteiger charge is -2.23. The first-order valence-electron chi connectivity index (χ1n) is 7.44. The molecule has 4 nitrogen and oxygen atoms in total. The number of hydrogen-bond acceptors (Lipinski definition) is 2. The van der Waals surface area contributed by atoms with Gasteiger partial charge in [0.15, 0.2) is 0 Å². The number of nitrogens with one attached hydrogen (secondary N) is 1. The molecule has 1 fully saturated rings. The molecule has 0 aliphatic heterocycles. The molecule has 2 N–H and O–H groups in total. The number of halogens is 2. The third-order valence-corrected chi connectivity index (χ3v) is 4.08. The maximum Gasteiger partial charge on any atom is 0.308 e. The van der Waals surface area contributed by atoms with Crippen molar-refractivity contribution >= 4 is 11.9 Å². The summed E-state index contributed by atoms with van der Waals surface area (Å²) in [5.74, 6) is -3.68. The summed E-state index contributed by atoms with van der Waals surface area (Å²) in [6.07, 6.45) is 3.23. The summed E-state index contributed by atoms with van der Waals surface area (Å²) in [6, 6.07) is 2.94. The Kier molecular flexibility index (Phi) is 5.46. The van der Waals surface area contributed by atoms with Gasteiger partial charge in [-0.3, -0.25) is 9.59 Å². The Labute approximate surface area is 127 Å². The SMILES string of the molecule is O=C(Cc1c(F)cccc1F)N[C@H]1CCCCC[C@H]1C(=O)O. The quantitative estimate of drug-likeness (QED) is 0.840. The number of amides is 1. The first-order valence-corrected chi connectivity index (χ1v) is 7.44. The maximum atomic E-state index is 13.5. The molecule has 2 atom stereocenters. The first kappa shape index (κ1) is 16.4. The van der Waals surface area contributed by atoms with Gasteiger partial charge in [0.25, 0.3) is 0 Å². The highest BCUT2D eigenvalue weighted by Crippen LogP contribution is 2.24. The van der Waals surface area contributed by atoms with Gasteiger partial charge < -0.3 is 10.4 Å². The van der Waals surface area contributed by atoms with Gasteiger partial charge in [-0.15, -0.1) is 0 Å². The average Bonchev–Trinajstić information content (AvgIpc) is 2.68. The minimum absolute atomic E-state index is 0.291. The predicted molar refractivity (Wildman–Crippen MR) is 76.2 cm³/mol. The minimum Gasteiger partial charge on any atom is -0.481 e. The van der Waals surface area contributed by atoms with Gasteiger partial charge >= 0.3 is 5.97 Å². The van der Waals surface area contributed by atoms with Crippen molar-refractivity contribution in [3.05, 3.63) is 35.4 Å². The first-order chi connectivity index (χ1) is 10.5. The van der Waals surface area contributed by atoms with Gasteiger partial charge in [-0.25, -0.2) is 8.78 Å². The summed E-state index contributed by atoms with van der Waals surface area (Å²) in [5.41, 5.74) is -0.291. The second-order valence-corrected chi connectivity index (χ2v) is 5.63. The van der Waals surface area contributed by atoms with Crippen LogP contribution in [0.25, 0.3) is 0 Å². The van der Waals surface area contributed by atoms with Crippen molar-refractivity contribution < 1.29 is 23.5 Å². The molecule has 1 amide bonds. The van der Waals surface area contributed by atoms with Gasteiger partial charge in [0.1, 0.15) is 11.6 Å². The minimum atomic E-state index is -0.940. The van der Waals surface area contributed by atoms with Crippen molar-refractivity contribution in [2.45, 2.75) is 44.6 Å². The Balaban J connectivity index is 2.05. The normalized spacial score (nSPS) is 21.9. The molecule has 0 spiro atoms. The Morgan fingerprint density at radius 3 is 2.41 bits per heavy atom. The molecule has 0 saturated heterocycles. The van der Waals surface area contributed by atoms with Crippen LogP contribution >= 0.6 is 0 Å². The van der Waals surface area contributed by atoms with E-state index < -0.39 is 41.9 Å². The third kappa shape index (κ3) is 4.02. The predicted octanol–water partition coefficient (Wildman–Crippen LogP) is 2.66. The van der Waals surface area contributed by atoms with Crippen molar-refractivity contribution in [1.82, 2.24) is 5.32 Å². The fraction of sp³-hybridized carbons (Fsp3) is 0.500. The van der Waals surface area contributed by atoms with E-state index in [2.05, 4.69) is 5.32 Å². The van der Waals surface area contributed by atoms with Crippen LogP contribution in [0.3, 0.4) is 0 Å². The lowest BCUT2D eigenvalue weighted by atomic mass is 9.94. The van der Waals surface area contributed by atoms with Gasteiger partial charge in [-0.2, -0.15) is 0 Å². The second kappa shape index (κ2) is 7.33. The Bertz CT molecular complexity index is 542. The van der Waals surface area contributed by atoms with E-state index in [1.807, 2.05) is 0 Å². The number of rotatable bonds is 4. The number of carboxylic acids is 1. The van der Waals surface area contributed by atoms with E-state index >= 15 is 0 Å². The number of hydrogen-bond donors (Lipinski definition) is 2. The summed E-state index contributed by atoms with van der Waals surface area (Å²) >= 11 is 0. The molecule has 6 heteroatoms. The van der Waals surface area contributed by atoms with Crippen molar-refractivity contribution in [3.63, 3.8) is 0 Å². The van der Waals surface area contributed by atoms with Gasteiger partial charge in [-0.05, 0) is 25.0 Å². The molecule has 0 heterocycles. The van der Waals surface area contributed by atoms with Crippen molar-refractivity contribution in [1.29, 1.82) is 0 Å². The molecule has 0 radical (unpaired) electrons. The highest BCUT2D eigenvalue weighted by atomic mass is 19.1. The molecule has 2 rings (SSSR count). The Morgan fingerprint density at radius 2 is 1.77 bits per heavy atom. The van der Waals surface area contributed by atoms with Crippen LogP contribution in [0.5, 0.6) is 0 Å². The van der Waals surface area contributed by atoms with Crippen LogP contribution in [0, 0.1) is 17.6 Å². The molecular weight excluding hydrogens is 292 g/mol. The lowest BCUT2D eigenvalue weighted by molar-refractivity contribution is -0.143. The Hall–Kier alpha value is -1.98. The van der Waals surface area contributed by atoms with Crippen LogP contribution in [0.15, 0.2) is 18.2 Å². The standard InChI is InChI=1S/C16H19F2NO3/c17-12-6-4-7-13(18)11(12)9-15(20)19-14-8-3-1-2-5-10(14)16(21)22/h4,6-7,10,14H,1-3,5,8-9H2,(H,19,20)(H,21,22)/t10-,14+/m1/s1. The summed E-state index contributed by atoms with van der Waals surface area (Å²) in [5, 5.41) is 11.9. The van der Waals surface area contributed by atoms with Crippen LogP contribution in [0.4, 0.5) is 8.78 Å². The molecule has 22 heavy (non-hydrogen) atoms. The van der Waals surface area contributed by atoms with Crippen molar-refractivity contribution in [3.8, 4) is 0 Å². The molecular formula is C16H19F2NO3. The summed E-state index contributed by atoms with van der Waals surface area (Å²) in [7, 11) is 0. The van der Waals surface area contributed by atoms with Crippen molar-refractivity contribution in [2.24, 2.45) is 5.92 Å². The zero-order valence-corrected chi connectivity index (χ0v) is 12.1. The van der Waals surface area contributed by atoms with Gasteiger partial charge in [-0.1, -0.05) is 25.3 Å². The lowest BCUT2D eigenvalue weighted by Crippen LogP contribution is -2.43. The van der Waals surface area contributed by atoms with E-state index in [1.54, 1.807) is 0 Å². The smallest absolute Gasteiger partial charge is 0.308 e. The molecule has 1 aliphatic carbocycles. The fourth-order valence-electron chi connectivity index (χ4n) is 2.90. The summed E-state index contributed by atoms with van der Waals surface area (Å²) in [4.78, 5) is 23.3. The molecule has 1 aromatic rings. The van der Waals surface area contributed by atoms with Crippen LogP contribution in [0.2, 0.25) is 0 Å². The topological polar surface area (TPSA) is 66.4 Å². The van der Waals surface area contributed by atoms with E-state index in [1.165, 1.54) is 6.07 Å². The number of carbonyl (C=O) groups excluding carboxylic acids is 1. The molecule has 0 bridgehead atoms. The molecule has 0 aromatic heterocycles. The maximum absolute atomic E-state index is 13.5. The van der Waals surface area contributed by atoms with Gasteiger partial charge in [0, 0.05) is 11.6 Å². The van der Waals surface area contributed by atoms with Gasteiger partial charge in [0.05, 0.1) is 12.3 Å². The summed E-state index contributed by atoms with van der Waals surface area (Å²) < 4.78 is 27.1. The van der Waals surface area contributed by atoms with Crippen LogP contribution in [0.1, 0.15) is 37.7 Å². The number of aliphatic carboxylic acids is 1. The molecule has 120 valence electrons. The number of carbonyl (C=O) groups is 2. The van der Waals surface area contributed by atoms with Crippen molar-refractivity contribution in [2.75, 3.05) is 0 Å². The molecule has 1 saturated carbocycles. The number of carboxylic acid groups (broad SMARTS) is 1. The molecule has 0 unspecified atom stereocenters. The second-order valence-electron chi connectivity index (χ2n) is 5.63. The zero-order valence-electron chi connectivity index (χ0n) is 12.1. The number of benzene rings is 1. The third-order valence-electron chi connectivity index (χ3n) is 4.08. The molecule has 1 aliphatic rings. The average molecular weight is 311 g/mol. The zero-order chi connectivity index (χ0) is 16.1. The van der Waals surface area contributed by atoms with E-state index in [0.717, 1.165) is 31.4 Å². The monoisotopic (exact) mass is 311 g/mol. The van der Waals surface area contributed by atoms with E-state index in [0.29, 0.717) is 12.8 Å². The largest absolute Gasteiger partial charge is 0.481 e. The molecule has 1 aromatic carbocycles. The summed E-state index contributed by atoms with van der Waals surface area (Å²) in [6.45, 7) is 0. The van der Waals surface area contributed by atoms with E-state index in [4.69, 9.17) is 0 Å². The Morgan fingerprint density at radius 1 is 1.14 bits per heavy atom. The van der Waals surface area contributed by atoms with Crippen LogP contribution in [-0.2, 0) is 16.0 Å². The van der Waals surface area contributed by atoms with Crippen LogP contribution in [-0.4, -0.2) is 23.0 Å². The highest BCUT2D eigenvalue weighted by Gasteiger charge is 2.30. The highest BCUT2D eigenvalue weighted by molar-refractivity contribution is 5.80. The van der Waals surface area contributed by atoms with Gasteiger partial charge in [0.2, 0.25) is 5.91 Å². The van der Waals surface area contributed by atoms with Crippen LogP contribution < -0.4 is 5.32 Å². The van der Waals surface area contributed by atoms with E-state index in [9.17, 15) is 23.5 Å².